The fourth-order valence-corrected chi connectivity index (χ4v) is 3.64. The van der Waals surface area contributed by atoms with E-state index in [-0.39, 0.29) is 11.3 Å². The maximum Gasteiger partial charge on any atom is 0.0672 e. The minimum Gasteiger partial charge on any atom is -0.299 e. The smallest absolute Gasteiger partial charge is 0.0672 e. The standard InChI is InChI=1S/C19H36N2/c1-9-19(6,7)16-11-10-15(13-20)17(12-16)21(8)14(2)18(3,4)5/h14-17H,9-12H2,1-8H3. The van der Waals surface area contributed by atoms with Gasteiger partial charge in [0.05, 0.1) is 12.0 Å². The van der Waals surface area contributed by atoms with E-state index in [1.807, 2.05) is 0 Å². The molecule has 0 heterocycles. The van der Waals surface area contributed by atoms with E-state index in [9.17, 15) is 5.26 Å². The van der Waals surface area contributed by atoms with Crippen LogP contribution in [0.3, 0.4) is 0 Å². The van der Waals surface area contributed by atoms with Crippen molar-refractivity contribution in [2.45, 2.75) is 86.2 Å². The Hall–Kier alpha value is -0.550. The average molecular weight is 293 g/mol. The monoisotopic (exact) mass is 292 g/mol. The highest BCUT2D eigenvalue weighted by molar-refractivity contribution is 5.00. The predicted molar refractivity (Wildman–Crippen MR) is 91.0 cm³/mol. The molecule has 2 nitrogen and oxygen atoms in total. The molecule has 1 saturated carbocycles. The molecule has 21 heavy (non-hydrogen) atoms. The lowest BCUT2D eigenvalue weighted by Gasteiger charge is -2.48. The van der Waals surface area contributed by atoms with Crippen LogP contribution in [0.2, 0.25) is 0 Å². The van der Waals surface area contributed by atoms with Crippen molar-refractivity contribution in [3.63, 3.8) is 0 Å². The second-order valence-electron chi connectivity index (χ2n) is 8.86. The molecule has 1 aliphatic rings. The molecule has 0 bridgehead atoms. The fraction of sp³-hybridized carbons (Fsp3) is 0.947. The molecule has 1 aliphatic carbocycles. The molecule has 0 aliphatic heterocycles. The van der Waals surface area contributed by atoms with E-state index in [1.165, 1.54) is 19.3 Å². The quantitative estimate of drug-likeness (QED) is 0.721. The van der Waals surface area contributed by atoms with Crippen molar-refractivity contribution in [1.82, 2.24) is 4.90 Å². The van der Waals surface area contributed by atoms with E-state index >= 15 is 0 Å². The second-order valence-corrected chi connectivity index (χ2v) is 8.86. The molecule has 0 spiro atoms. The zero-order chi connectivity index (χ0) is 16.4. The molecular formula is C19H36N2. The summed E-state index contributed by atoms with van der Waals surface area (Å²) in [5.74, 6) is 0.940. The summed E-state index contributed by atoms with van der Waals surface area (Å²) in [5, 5.41) is 9.56. The van der Waals surface area contributed by atoms with Crippen molar-refractivity contribution >= 4 is 0 Å². The molecule has 122 valence electrons. The summed E-state index contributed by atoms with van der Waals surface area (Å²) in [5.41, 5.74) is 0.645. The summed E-state index contributed by atoms with van der Waals surface area (Å²) in [6.45, 7) is 16.3. The van der Waals surface area contributed by atoms with Crippen LogP contribution in [-0.4, -0.2) is 24.0 Å². The Morgan fingerprint density at radius 2 is 1.76 bits per heavy atom. The first-order valence-corrected chi connectivity index (χ1v) is 8.66. The summed E-state index contributed by atoms with van der Waals surface area (Å²) in [6, 6.07) is 3.49. The van der Waals surface area contributed by atoms with Crippen molar-refractivity contribution < 1.29 is 0 Å². The van der Waals surface area contributed by atoms with Crippen LogP contribution in [0.15, 0.2) is 0 Å². The number of nitrogens with zero attached hydrogens (tertiary/aromatic N) is 2. The van der Waals surface area contributed by atoms with E-state index in [0.717, 1.165) is 12.3 Å². The molecule has 0 aromatic carbocycles. The number of hydrogen-bond acceptors (Lipinski definition) is 2. The van der Waals surface area contributed by atoms with E-state index in [2.05, 4.69) is 66.5 Å². The number of nitriles is 1. The van der Waals surface area contributed by atoms with Gasteiger partial charge in [0.25, 0.3) is 0 Å². The van der Waals surface area contributed by atoms with Crippen LogP contribution in [0, 0.1) is 34.0 Å². The number of hydrogen-bond donors (Lipinski definition) is 0. The van der Waals surface area contributed by atoms with Gasteiger partial charge >= 0.3 is 0 Å². The lowest BCUT2D eigenvalue weighted by atomic mass is 9.65. The SMILES string of the molecule is CCC(C)(C)C1CCC(C#N)C(N(C)C(C)C(C)(C)C)C1. The third-order valence-corrected chi connectivity index (χ3v) is 6.39. The van der Waals surface area contributed by atoms with Gasteiger partial charge in [-0.1, -0.05) is 48.0 Å². The molecule has 4 unspecified atom stereocenters. The molecule has 4 atom stereocenters. The minimum atomic E-state index is 0.198. The van der Waals surface area contributed by atoms with Gasteiger partial charge in [0.1, 0.15) is 0 Å². The summed E-state index contributed by atoms with van der Waals surface area (Å²) in [7, 11) is 2.23. The van der Waals surface area contributed by atoms with Crippen LogP contribution in [-0.2, 0) is 0 Å². The normalized spacial score (nSPS) is 29.2. The maximum absolute atomic E-state index is 9.56. The zero-order valence-corrected chi connectivity index (χ0v) is 15.5. The van der Waals surface area contributed by atoms with Crippen LogP contribution in [0.5, 0.6) is 0 Å². The molecule has 0 saturated heterocycles. The Kier molecular flexibility index (Phi) is 5.90. The molecule has 2 heteroatoms. The van der Waals surface area contributed by atoms with Gasteiger partial charge in [-0.3, -0.25) is 4.90 Å². The highest BCUT2D eigenvalue weighted by Gasteiger charge is 2.41. The first-order valence-electron chi connectivity index (χ1n) is 8.66. The third-order valence-electron chi connectivity index (χ3n) is 6.39. The molecule has 0 amide bonds. The summed E-state index contributed by atoms with van der Waals surface area (Å²) in [4.78, 5) is 2.49. The van der Waals surface area contributed by atoms with Gasteiger partial charge in [0.2, 0.25) is 0 Å². The zero-order valence-electron chi connectivity index (χ0n) is 15.5. The minimum absolute atomic E-state index is 0.198. The maximum atomic E-state index is 9.56. The number of rotatable bonds is 4. The van der Waals surface area contributed by atoms with Crippen molar-refractivity contribution in [2.75, 3.05) is 7.05 Å². The summed E-state index contributed by atoms with van der Waals surface area (Å²) < 4.78 is 0. The van der Waals surface area contributed by atoms with Crippen molar-refractivity contribution in [1.29, 1.82) is 5.26 Å². The van der Waals surface area contributed by atoms with Crippen molar-refractivity contribution in [2.24, 2.45) is 22.7 Å². The summed E-state index contributed by atoms with van der Waals surface area (Å²) in [6.07, 6.45) is 4.68. The Morgan fingerprint density at radius 3 is 2.19 bits per heavy atom. The van der Waals surface area contributed by atoms with Gasteiger partial charge in [-0.15, -0.1) is 0 Å². The van der Waals surface area contributed by atoms with Crippen molar-refractivity contribution in [3.8, 4) is 6.07 Å². The van der Waals surface area contributed by atoms with E-state index in [0.29, 0.717) is 17.5 Å². The molecule has 1 fully saturated rings. The van der Waals surface area contributed by atoms with Crippen LogP contribution in [0.4, 0.5) is 0 Å². The van der Waals surface area contributed by atoms with Gasteiger partial charge in [-0.25, -0.2) is 0 Å². The molecule has 0 aromatic heterocycles. The highest BCUT2D eigenvalue weighted by atomic mass is 15.2. The van der Waals surface area contributed by atoms with E-state index in [1.54, 1.807) is 0 Å². The van der Waals surface area contributed by atoms with Crippen molar-refractivity contribution in [3.05, 3.63) is 0 Å². The first-order chi connectivity index (χ1) is 9.54. The Labute approximate surface area is 132 Å². The van der Waals surface area contributed by atoms with Gasteiger partial charge < -0.3 is 0 Å². The lowest BCUT2D eigenvalue weighted by molar-refractivity contribution is 0.0192. The van der Waals surface area contributed by atoms with Crippen LogP contribution >= 0.6 is 0 Å². The van der Waals surface area contributed by atoms with Crippen LogP contribution in [0.25, 0.3) is 0 Å². The Bertz CT molecular complexity index is 372. The molecule has 0 radical (unpaired) electrons. The Morgan fingerprint density at radius 1 is 1.19 bits per heavy atom. The highest BCUT2D eigenvalue weighted by Crippen LogP contribution is 2.44. The third kappa shape index (κ3) is 4.22. The molecule has 1 rings (SSSR count). The lowest BCUT2D eigenvalue weighted by Crippen LogP contribution is -2.51. The largest absolute Gasteiger partial charge is 0.299 e. The van der Waals surface area contributed by atoms with Crippen LogP contribution in [0.1, 0.15) is 74.1 Å². The predicted octanol–water partition coefficient (Wildman–Crippen LogP) is 5.10. The molecule has 0 aromatic rings. The van der Waals surface area contributed by atoms with Gasteiger partial charge in [-0.2, -0.15) is 5.26 Å². The van der Waals surface area contributed by atoms with E-state index in [4.69, 9.17) is 0 Å². The van der Waals surface area contributed by atoms with Crippen LogP contribution < -0.4 is 0 Å². The van der Waals surface area contributed by atoms with E-state index < -0.39 is 0 Å². The summed E-state index contributed by atoms with van der Waals surface area (Å²) >= 11 is 0. The van der Waals surface area contributed by atoms with Gasteiger partial charge in [0.15, 0.2) is 0 Å². The first kappa shape index (κ1) is 18.5. The molecule has 0 N–H and O–H groups in total. The van der Waals surface area contributed by atoms with Gasteiger partial charge in [0, 0.05) is 12.1 Å². The Balaban J connectivity index is 2.92. The molecular weight excluding hydrogens is 256 g/mol. The fourth-order valence-electron chi connectivity index (χ4n) is 3.64. The van der Waals surface area contributed by atoms with Gasteiger partial charge in [-0.05, 0) is 50.0 Å². The second kappa shape index (κ2) is 6.69. The average Bonchev–Trinajstić information content (AvgIpc) is 2.43. The topological polar surface area (TPSA) is 27.0 Å².